The first kappa shape index (κ1) is 19.4. The van der Waals surface area contributed by atoms with Crippen LogP contribution < -0.4 is 4.31 Å². The molecule has 0 atom stereocenters. The van der Waals surface area contributed by atoms with Gasteiger partial charge in [0.1, 0.15) is 0 Å². The summed E-state index contributed by atoms with van der Waals surface area (Å²) in [5, 5.41) is 0. The minimum absolute atomic E-state index is 0.0423. The van der Waals surface area contributed by atoms with Crippen LogP contribution in [-0.2, 0) is 19.2 Å². The van der Waals surface area contributed by atoms with Gasteiger partial charge in [-0.15, -0.1) is 4.31 Å². The van der Waals surface area contributed by atoms with Crippen LogP contribution in [0.5, 0.6) is 0 Å². The van der Waals surface area contributed by atoms with Crippen molar-refractivity contribution >= 4 is 22.1 Å². The van der Waals surface area contributed by atoms with E-state index < -0.39 is 22.5 Å². The quantitative estimate of drug-likeness (QED) is 0.636. The van der Waals surface area contributed by atoms with Crippen LogP contribution in [0.25, 0.3) is 0 Å². The van der Waals surface area contributed by atoms with Crippen LogP contribution in [0.3, 0.4) is 0 Å². The Morgan fingerprint density at radius 3 is 2.35 bits per heavy atom. The number of hydrogen-bond acceptors (Lipinski definition) is 5. The Morgan fingerprint density at radius 2 is 1.78 bits per heavy atom. The lowest BCUT2D eigenvalue weighted by atomic mass is 10.2. The van der Waals surface area contributed by atoms with E-state index in [0.717, 1.165) is 19.3 Å². The summed E-state index contributed by atoms with van der Waals surface area (Å²) in [6.07, 6.45) is 2.15. The summed E-state index contributed by atoms with van der Waals surface area (Å²) < 4.78 is 35.4. The number of ether oxygens (including phenoxy) is 1. The molecule has 0 fully saturated rings. The zero-order valence-electron chi connectivity index (χ0n) is 13.9. The number of rotatable bonds is 9. The highest BCUT2D eigenvalue weighted by atomic mass is 32.2. The zero-order valence-corrected chi connectivity index (χ0v) is 14.7. The predicted molar refractivity (Wildman–Crippen MR) is 89.6 cm³/mol. The van der Waals surface area contributed by atoms with E-state index in [1.807, 2.05) is 0 Å². The third-order valence-corrected chi connectivity index (χ3v) is 4.22. The number of unbranched alkanes of at least 4 members (excludes halogenated alkanes) is 3. The number of anilines is 1. The molecule has 130 valence electrons. The van der Waals surface area contributed by atoms with Gasteiger partial charge in [0.2, 0.25) is 0 Å². The first-order valence-corrected chi connectivity index (χ1v) is 9.20. The Bertz CT molecular complexity index is 571. The lowest BCUT2D eigenvalue weighted by Crippen LogP contribution is -2.39. The molecule has 0 saturated carbocycles. The van der Waals surface area contributed by atoms with Crippen molar-refractivity contribution < 1.29 is 22.1 Å². The molecule has 1 rings (SSSR count). The third-order valence-electron chi connectivity index (χ3n) is 2.95. The van der Waals surface area contributed by atoms with Crippen LogP contribution >= 0.6 is 0 Å². The van der Waals surface area contributed by atoms with E-state index in [1.165, 1.54) is 12.1 Å². The van der Waals surface area contributed by atoms with Crippen LogP contribution in [-0.4, -0.2) is 27.2 Å². The SMILES string of the molecule is CCCCCCOS(=O)(=O)N(C(=O)OC(C)C)c1ccccc1. The van der Waals surface area contributed by atoms with Gasteiger partial charge in [-0.05, 0) is 32.4 Å². The van der Waals surface area contributed by atoms with Crippen LogP contribution in [0.15, 0.2) is 30.3 Å². The van der Waals surface area contributed by atoms with E-state index >= 15 is 0 Å². The molecule has 0 spiro atoms. The van der Waals surface area contributed by atoms with Crippen molar-refractivity contribution in [3.63, 3.8) is 0 Å². The maximum Gasteiger partial charge on any atom is 0.430 e. The molecule has 0 saturated heterocycles. The molecule has 6 nitrogen and oxygen atoms in total. The standard InChI is InChI=1S/C16H25NO5S/c1-4-5-6-10-13-21-23(19,20)17(16(18)22-14(2)3)15-11-8-7-9-12-15/h7-9,11-12,14H,4-6,10,13H2,1-3H3. The molecular weight excluding hydrogens is 318 g/mol. The molecule has 0 aliphatic heterocycles. The van der Waals surface area contributed by atoms with E-state index in [0.29, 0.717) is 10.7 Å². The van der Waals surface area contributed by atoms with Crippen molar-refractivity contribution in [1.82, 2.24) is 0 Å². The number of amides is 1. The second-order valence-corrected chi connectivity index (χ2v) is 6.83. The maximum absolute atomic E-state index is 12.4. The first-order chi connectivity index (χ1) is 10.9. The lowest BCUT2D eigenvalue weighted by Gasteiger charge is -2.22. The monoisotopic (exact) mass is 343 g/mol. The van der Waals surface area contributed by atoms with Gasteiger partial charge in [-0.25, -0.2) is 4.79 Å². The summed E-state index contributed by atoms with van der Waals surface area (Å²) >= 11 is 0. The minimum atomic E-state index is -4.25. The topological polar surface area (TPSA) is 72.9 Å². The summed E-state index contributed by atoms with van der Waals surface area (Å²) in [4.78, 5) is 12.2. The highest BCUT2D eigenvalue weighted by Gasteiger charge is 2.32. The second kappa shape index (κ2) is 9.52. The van der Waals surface area contributed by atoms with Crippen molar-refractivity contribution in [2.75, 3.05) is 10.9 Å². The van der Waals surface area contributed by atoms with Gasteiger partial charge < -0.3 is 4.74 Å². The molecule has 1 amide bonds. The lowest BCUT2D eigenvalue weighted by molar-refractivity contribution is 0.125. The summed E-state index contributed by atoms with van der Waals surface area (Å²) in [6.45, 7) is 5.41. The van der Waals surface area contributed by atoms with Crippen molar-refractivity contribution in [2.24, 2.45) is 0 Å². The molecule has 0 N–H and O–H groups in total. The molecule has 0 bridgehead atoms. The van der Waals surface area contributed by atoms with Gasteiger partial charge in [0, 0.05) is 0 Å². The summed E-state index contributed by atoms with van der Waals surface area (Å²) in [5.74, 6) is 0. The molecule has 7 heteroatoms. The van der Waals surface area contributed by atoms with E-state index in [4.69, 9.17) is 8.92 Å². The Kier molecular flexibility index (Phi) is 8.05. The molecule has 0 heterocycles. The normalized spacial score (nSPS) is 11.5. The van der Waals surface area contributed by atoms with Gasteiger partial charge in [0.25, 0.3) is 0 Å². The summed E-state index contributed by atoms with van der Waals surface area (Å²) in [7, 11) is -4.25. The summed E-state index contributed by atoms with van der Waals surface area (Å²) in [5.41, 5.74) is 0.187. The fourth-order valence-electron chi connectivity index (χ4n) is 1.88. The van der Waals surface area contributed by atoms with E-state index in [1.54, 1.807) is 32.0 Å². The molecule has 23 heavy (non-hydrogen) atoms. The predicted octanol–water partition coefficient (Wildman–Crippen LogP) is 3.88. The largest absolute Gasteiger partial charge is 0.446 e. The Balaban J connectivity index is 2.88. The third kappa shape index (κ3) is 6.58. The summed E-state index contributed by atoms with van der Waals surface area (Å²) in [6, 6.07) is 8.04. The van der Waals surface area contributed by atoms with Crippen LogP contribution in [0, 0.1) is 0 Å². The molecule has 1 aromatic carbocycles. The van der Waals surface area contributed by atoms with Gasteiger partial charge in [0.15, 0.2) is 0 Å². The highest BCUT2D eigenvalue weighted by molar-refractivity contribution is 7.89. The van der Waals surface area contributed by atoms with Crippen LogP contribution in [0.4, 0.5) is 10.5 Å². The van der Waals surface area contributed by atoms with E-state index in [-0.39, 0.29) is 12.3 Å². The molecule has 0 radical (unpaired) electrons. The molecule has 0 unspecified atom stereocenters. The number of carbonyl (C=O) groups is 1. The zero-order chi connectivity index (χ0) is 17.3. The van der Waals surface area contributed by atoms with Gasteiger partial charge in [-0.2, -0.15) is 8.42 Å². The average molecular weight is 343 g/mol. The first-order valence-electron chi connectivity index (χ1n) is 7.83. The Morgan fingerprint density at radius 1 is 1.13 bits per heavy atom. The van der Waals surface area contributed by atoms with Gasteiger partial charge >= 0.3 is 16.4 Å². The fraction of sp³-hybridized carbons (Fsp3) is 0.562. The van der Waals surface area contributed by atoms with Crippen LogP contribution in [0.1, 0.15) is 46.5 Å². The van der Waals surface area contributed by atoms with Crippen molar-refractivity contribution in [3.05, 3.63) is 30.3 Å². The molecule has 0 aliphatic carbocycles. The number of nitrogens with zero attached hydrogens (tertiary/aromatic N) is 1. The van der Waals surface area contributed by atoms with Gasteiger partial charge in [-0.3, -0.25) is 4.18 Å². The molecule has 1 aromatic rings. The number of hydrogen-bond donors (Lipinski definition) is 0. The second-order valence-electron chi connectivity index (χ2n) is 5.37. The molecular formula is C16H25NO5S. The molecule has 0 aliphatic rings. The smallest absolute Gasteiger partial charge is 0.430 e. The Labute approximate surface area is 138 Å². The highest BCUT2D eigenvalue weighted by Crippen LogP contribution is 2.20. The Hall–Kier alpha value is -1.60. The van der Waals surface area contributed by atoms with E-state index in [9.17, 15) is 13.2 Å². The van der Waals surface area contributed by atoms with Crippen molar-refractivity contribution in [1.29, 1.82) is 0 Å². The molecule has 0 aromatic heterocycles. The maximum atomic E-state index is 12.4. The van der Waals surface area contributed by atoms with Crippen molar-refractivity contribution in [3.8, 4) is 0 Å². The number of carbonyl (C=O) groups excluding carboxylic acids is 1. The minimum Gasteiger partial charge on any atom is -0.446 e. The average Bonchev–Trinajstić information content (AvgIpc) is 2.47. The number of benzene rings is 1. The van der Waals surface area contributed by atoms with Crippen molar-refractivity contribution in [2.45, 2.75) is 52.6 Å². The number of para-hydroxylation sites is 1. The van der Waals surface area contributed by atoms with E-state index in [2.05, 4.69) is 6.92 Å². The van der Waals surface area contributed by atoms with Gasteiger partial charge in [0.05, 0.1) is 18.4 Å². The fourth-order valence-corrected chi connectivity index (χ4v) is 2.92. The van der Waals surface area contributed by atoms with Gasteiger partial charge in [-0.1, -0.05) is 44.4 Å². The van der Waals surface area contributed by atoms with Crippen LogP contribution in [0.2, 0.25) is 0 Å².